The number of aliphatic hydroxyl groups is 1. The van der Waals surface area contributed by atoms with E-state index in [-0.39, 0.29) is 11.8 Å². The van der Waals surface area contributed by atoms with Gasteiger partial charge in [-0.2, -0.15) is 0 Å². The average molecular weight is 141 g/mol. The van der Waals surface area contributed by atoms with Crippen LogP contribution in [-0.4, -0.2) is 29.0 Å². The number of aliphatic hydroxyl groups excluding tert-OH is 1. The van der Waals surface area contributed by atoms with E-state index >= 15 is 0 Å². The third-order valence-electron chi connectivity index (χ3n) is 1.81. The summed E-state index contributed by atoms with van der Waals surface area (Å²) in [5.41, 5.74) is 0. The largest absolute Gasteiger partial charge is 0.511 e. The highest BCUT2D eigenvalue weighted by atomic mass is 16.3. The Labute approximate surface area is 59.9 Å². The molecule has 0 aromatic rings. The molecule has 0 bridgehead atoms. The van der Waals surface area contributed by atoms with Crippen LogP contribution in [-0.2, 0) is 4.79 Å². The highest BCUT2D eigenvalue weighted by Gasteiger charge is 2.24. The molecule has 1 amide bonds. The third-order valence-corrected chi connectivity index (χ3v) is 1.81. The van der Waals surface area contributed by atoms with Crippen LogP contribution in [0.1, 0.15) is 12.8 Å². The van der Waals surface area contributed by atoms with Crippen molar-refractivity contribution in [1.29, 1.82) is 0 Å². The molecule has 0 aromatic heterocycles. The van der Waals surface area contributed by atoms with Gasteiger partial charge in [-0.1, -0.05) is 6.58 Å². The van der Waals surface area contributed by atoms with Crippen molar-refractivity contribution in [1.82, 2.24) is 4.90 Å². The first-order chi connectivity index (χ1) is 4.75. The van der Waals surface area contributed by atoms with E-state index in [9.17, 15) is 4.79 Å². The van der Waals surface area contributed by atoms with E-state index in [0.29, 0.717) is 0 Å². The van der Waals surface area contributed by atoms with Gasteiger partial charge in [-0.25, -0.2) is 0 Å². The predicted octanol–water partition coefficient (Wildman–Crippen LogP) is 0.679. The molecule has 1 heterocycles. The second-order valence-corrected chi connectivity index (χ2v) is 2.49. The molecule has 1 atom stereocenters. The van der Waals surface area contributed by atoms with E-state index in [4.69, 9.17) is 5.11 Å². The standard InChI is InChI=1S/C7H11NO2/c1-6(10)7-3-2-4-8(7)5-9/h5,7,10H,1-4H2/t7-/m0/s1. The van der Waals surface area contributed by atoms with Gasteiger partial charge in [-0.3, -0.25) is 4.79 Å². The Balaban J connectivity index is 2.58. The van der Waals surface area contributed by atoms with E-state index in [1.807, 2.05) is 0 Å². The van der Waals surface area contributed by atoms with E-state index in [0.717, 1.165) is 25.8 Å². The number of carbonyl (C=O) groups is 1. The first-order valence-electron chi connectivity index (χ1n) is 3.34. The van der Waals surface area contributed by atoms with Crippen LogP contribution in [0.3, 0.4) is 0 Å². The highest BCUT2D eigenvalue weighted by Crippen LogP contribution is 2.18. The zero-order valence-electron chi connectivity index (χ0n) is 5.79. The van der Waals surface area contributed by atoms with Crippen molar-refractivity contribution in [2.45, 2.75) is 18.9 Å². The summed E-state index contributed by atoms with van der Waals surface area (Å²) in [7, 11) is 0. The number of hydrogen-bond donors (Lipinski definition) is 1. The summed E-state index contributed by atoms with van der Waals surface area (Å²) in [6.45, 7) is 4.13. The molecule has 1 aliphatic rings. The minimum atomic E-state index is -0.127. The Kier molecular flexibility index (Phi) is 1.94. The zero-order valence-corrected chi connectivity index (χ0v) is 5.79. The van der Waals surface area contributed by atoms with Crippen LogP contribution in [0.2, 0.25) is 0 Å². The molecule has 56 valence electrons. The second-order valence-electron chi connectivity index (χ2n) is 2.49. The number of likely N-dealkylation sites (tertiary alicyclic amines) is 1. The van der Waals surface area contributed by atoms with Crippen LogP contribution in [0.25, 0.3) is 0 Å². The van der Waals surface area contributed by atoms with Crippen molar-refractivity contribution in [3.8, 4) is 0 Å². The maximum Gasteiger partial charge on any atom is 0.210 e. The van der Waals surface area contributed by atoms with Crippen molar-refractivity contribution in [3.05, 3.63) is 12.3 Å². The van der Waals surface area contributed by atoms with Gasteiger partial charge in [0.2, 0.25) is 6.41 Å². The number of hydrogen-bond acceptors (Lipinski definition) is 2. The fourth-order valence-corrected chi connectivity index (χ4v) is 1.27. The normalized spacial score (nSPS) is 24.8. The number of amides is 1. The molecule has 0 aliphatic carbocycles. The van der Waals surface area contributed by atoms with Crippen LogP contribution in [0.5, 0.6) is 0 Å². The van der Waals surface area contributed by atoms with Crippen molar-refractivity contribution in [3.63, 3.8) is 0 Å². The smallest absolute Gasteiger partial charge is 0.210 e. The summed E-state index contributed by atoms with van der Waals surface area (Å²) in [5, 5.41) is 8.96. The molecular formula is C7H11NO2. The van der Waals surface area contributed by atoms with Gasteiger partial charge in [0.15, 0.2) is 0 Å². The van der Waals surface area contributed by atoms with E-state index in [1.54, 1.807) is 4.90 Å². The second kappa shape index (κ2) is 2.73. The molecule has 3 nitrogen and oxygen atoms in total. The quantitative estimate of drug-likeness (QED) is 0.453. The molecule has 1 N–H and O–H groups in total. The van der Waals surface area contributed by atoms with Gasteiger partial charge in [0.25, 0.3) is 0 Å². The summed E-state index contributed by atoms with van der Waals surface area (Å²) in [5.74, 6) is 0.101. The lowest BCUT2D eigenvalue weighted by molar-refractivity contribution is -0.118. The lowest BCUT2D eigenvalue weighted by Gasteiger charge is -2.17. The molecule has 0 spiro atoms. The van der Waals surface area contributed by atoms with Gasteiger partial charge < -0.3 is 10.0 Å². The lowest BCUT2D eigenvalue weighted by atomic mass is 10.2. The first-order valence-corrected chi connectivity index (χ1v) is 3.34. The molecule has 1 saturated heterocycles. The molecule has 0 aromatic carbocycles. The van der Waals surface area contributed by atoms with Gasteiger partial charge in [-0.05, 0) is 12.8 Å². The fourth-order valence-electron chi connectivity index (χ4n) is 1.27. The first kappa shape index (κ1) is 7.12. The Hall–Kier alpha value is -0.990. The van der Waals surface area contributed by atoms with Gasteiger partial charge in [0.05, 0.1) is 6.04 Å². The molecule has 0 unspecified atom stereocenters. The summed E-state index contributed by atoms with van der Waals surface area (Å²) in [6, 6.07) is -0.127. The van der Waals surface area contributed by atoms with Gasteiger partial charge in [0, 0.05) is 6.54 Å². The predicted molar refractivity (Wildman–Crippen MR) is 37.6 cm³/mol. The number of rotatable bonds is 2. The Morgan fingerprint density at radius 3 is 2.90 bits per heavy atom. The van der Waals surface area contributed by atoms with Crippen LogP contribution in [0.4, 0.5) is 0 Å². The van der Waals surface area contributed by atoms with Crippen LogP contribution in [0, 0.1) is 0 Å². The molecule has 1 fully saturated rings. The zero-order chi connectivity index (χ0) is 7.56. The van der Waals surface area contributed by atoms with Crippen molar-refractivity contribution < 1.29 is 9.90 Å². The van der Waals surface area contributed by atoms with Crippen molar-refractivity contribution in [2.24, 2.45) is 0 Å². The summed E-state index contributed by atoms with van der Waals surface area (Å²) < 4.78 is 0. The fraction of sp³-hybridized carbons (Fsp3) is 0.571. The molecule has 3 heteroatoms. The lowest BCUT2D eigenvalue weighted by Crippen LogP contribution is -2.28. The minimum absolute atomic E-state index is 0.101. The molecule has 1 rings (SSSR count). The monoisotopic (exact) mass is 141 g/mol. The molecular weight excluding hydrogens is 130 g/mol. The van der Waals surface area contributed by atoms with Gasteiger partial charge in [-0.15, -0.1) is 0 Å². The summed E-state index contributed by atoms with van der Waals surface area (Å²) >= 11 is 0. The topological polar surface area (TPSA) is 40.5 Å². The average Bonchev–Trinajstić information content (AvgIpc) is 2.33. The Morgan fingerprint density at radius 1 is 1.80 bits per heavy atom. The Morgan fingerprint density at radius 2 is 2.50 bits per heavy atom. The SMILES string of the molecule is C=C(O)[C@@H]1CCCN1C=O. The van der Waals surface area contributed by atoms with Crippen molar-refractivity contribution in [2.75, 3.05) is 6.54 Å². The van der Waals surface area contributed by atoms with E-state index in [1.165, 1.54) is 0 Å². The number of nitrogens with zero attached hydrogens (tertiary/aromatic N) is 1. The summed E-state index contributed by atoms with van der Waals surface area (Å²) in [4.78, 5) is 11.9. The molecule has 10 heavy (non-hydrogen) atoms. The molecule has 1 aliphatic heterocycles. The van der Waals surface area contributed by atoms with Crippen molar-refractivity contribution >= 4 is 6.41 Å². The minimum Gasteiger partial charge on any atom is -0.511 e. The van der Waals surface area contributed by atoms with Crippen LogP contribution < -0.4 is 0 Å². The third kappa shape index (κ3) is 1.12. The Bertz CT molecular complexity index is 156. The maximum atomic E-state index is 10.3. The number of carbonyl (C=O) groups excluding carboxylic acids is 1. The van der Waals surface area contributed by atoms with E-state index in [2.05, 4.69) is 6.58 Å². The van der Waals surface area contributed by atoms with E-state index < -0.39 is 0 Å². The van der Waals surface area contributed by atoms with Crippen LogP contribution >= 0.6 is 0 Å². The summed E-state index contributed by atoms with van der Waals surface area (Å²) in [6.07, 6.45) is 2.57. The highest BCUT2D eigenvalue weighted by molar-refractivity contribution is 5.49. The molecule has 0 radical (unpaired) electrons. The van der Waals surface area contributed by atoms with Gasteiger partial charge in [0.1, 0.15) is 5.76 Å². The van der Waals surface area contributed by atoms with Gasteiger partial charge >= 0.3 is 0 Å². The van der Waals surface area contributed by atoms with Crippen LogP contribution in [0.15, 0.2) is 12.3 Å². The molecule has 0 saturated carbocycles. The maximum absolute atomic E-state index is 10.3.